The maximum Gasteiger partial charge on any atom is 0.232 e. The Morgan fingerprint density at radius 3 is 1.02 bits per heavy atom. The minimum absolute atomic E-state index is 0.346. The van der Waals surface area contributed by atoms with Crippen molar-refractivity contribution in [3.05, 3.63) is 54.6 Å². The monoisotopic (exact) mass is 855 g/mol. The number of hydrogen-bond donors (Lipinski definition) is 2. The van der Waals surface area contributed by atoms with Gasteiger partial charge in [-0.3, -0.25) is 0 Å². The quantitative estimate of drug-likeness (QED) is 0.0431. The largest absolute Gasteiger partial charge is 0.489 e. The number of aromatic nitrogens is 3. The van der Waals surface area contributed by atoms with Gasteiger partial charge in [0.2, 0.25) is 23.4 Å². The van der Waals surface area contributed by atoms with E-state index in [1.54, 1.807) is 0 Å². The highest BCUT2D eigenvalue weighted by Gasteiger charge is 2.20. The first-order valence-electron chi connectivity index (χ1n) is 23.9. The van der Waals surface area contributed by atoms with Gasteiger partial charge in [0, 0.05) is 41.2 Å². The van der Waals surface area contributed by atoms with Crippen molar-refractivity contribution < 1.29 is 28.4 Å². The minimum Gasteiger partial charge on any atom is -0.489 e. The third-order valence-electron chi connectivity index (χ3n) is 10.2. The molecule has 0 atom stereocenters. The van der Waals surface area contributed by atoms with E-state index in [0.717, 1.165) is 121 Å². The highest BCUT2D eigenvalue weighted by atomic mass is 16.5. The van der Waals surface area contributed by atoms with Crippen LogP contribution >= 0.6 is 0 Å². The Morgan fingerprint density at radius 2 is 0.710 bits per heavy atom. The lowest BCUT2D eigenvalue weighted by atomic mass is 10.2. The van der Waals surface area contributed by atoms with Crippen LogP contribution in [0.25, 0.3) is 11.4 Å². The van der Waals surface area contributed by atoms with Crippen LogP contribution in [0.4, 0.5) is 23.3 Å². The molecule has 3 aromatic carbocycles. The molecule has 11 heteroatoms. The summed E-state index contributed by atoms with van der Waals surface area (Å²) in [6.07, 6.45) is 18.8. The van der Waals surface area contributed by atoms with E-state index >= 15 is 0 Å². The smallest absolute Gasteiger partial charge is 0.232 e. The first kappa shape index (κ1) is 49.7. The number of nitrogens with zero attached hydrogens (tertiary/aromatic N) is 3. The van der Waals surface area contributed by atoms with Crippen molar-refractivity contribution in [2.75, 3.05) is 50.3 Å². The fourth-order valence-corrected chi connectivity index (χ4v) is 6.61. The lowest BCUT2D eigenvalue weighted by molar-refractivity contribution is 0.235. The van der Waals surface area contributed by atoms with Crippen molar-refractivity contribution in [2.45, 2.75) is 157 Å². The summed E-state index contributed by atoms with van der Waals surface area (Å²) in [4.78, 5) is 14.7. The fraction of sp³-hybridized carbons (Fsp3) is 0.588. The summed E-state index contributed by atoms with van der Waals surface area (Å²) in [6.45, 7) is 16.6. The molecule has 1 radical (unpaired) electrons. The molecule has 4 rings (SSSR count). The number of rotatable bonds is 35. The van der Waals surface area contributed by atoms with Gasteiger partial charge in [-0.15, -0.1) is 0 Å². The average molecular weight is 855 g/mol. The molecule has 2 N–H and O–H groups in total. The third kappa shape index (κ3) is 17.8. The molecular formula is C51H76N5O6. The second-order valence-corrected chi connectivity index (χ2v) is 15.8. The molecule has 11 nitrogen and oxygen atoms in total. The lowest BCUT2D eigenvalue weighted by Crippen LogP contribution is -2.09. The molecule has 0 spiro atoms. The van der Waals surface area contributed by atoms with E-state index in [4.69, 9.17) is 43.4 Å². The molecule has 341 valence electrons. The Bertz CT molecular complexity index is 1640. The molecule has 0 amide bonds. The van der Waals surface area contributed by atoms with E-state index in [2.05, 4.69) is 58.2 Å². The van der Waals surface area contributed by atoms with Gasteiger partial charge in [0.25, 0.3) is 0 Å². The average Bonchev–Trinajstić information content (AvgIpc) is 3.28. The van der Waals surface area contributed by atoms with Gasteiger partial charge in [0.05, 0.1) is 39.6 Å². The fourth-order valence-electron chi connectivity index (χ4n) is 6.61. The van der Waals surface area contributed by atoms with Crippen molar-refractivity contribution in [3.63, 3.8) is 0 Å². The number of hydrogen-bond acceptors (Lipinski definition) is 11. The zero-order valence-corrected chi connectivity index (χ0v) is 38.9. The predicted molar refractivity (Wildman–Crippen MR) is 254 cm³/mol. The van der Waals surface area contributed by atoms with Crippen LogP contribution < -0.4 is 39.1 Å². The molecule has 0 aliphatic rings. The summed E-state index contributed by atoms with van der Waals surface area (Å²) < 4.78 is 38.6. The van der Waals surface area contributed by atoms with Crippen LogP contribution in [0.5, 0.6) is 34.5 Å². The zero-order chi connectivity index (χ0) is 44.0. The van der Waals surface area contributed by atoms with Crippen LogP contribution in [0.3, 0.4) is 0 Å². The van der Waals surface area contributed by atoms with Crippen molar-refractivity contribution in [2.24, 2.45) is 0 Å². The van der Waals surface area contributed by atoms with Gasteiger partial charge in [-0.2, -0.15) is 15.0 Å². The van der Waals surface area contributed by atoms with Gasteiger partial charge in [-0.1, -0.05) is 143 Å². The molecule has 0 saturated heterocycles. The normalized spacial score (nSPS) is 11.0. The van der Waals surface area contributed by atoms with Gasteiger partial charge >= 0.3 is 0 Å². The molecule has 4 aromatic rings. The maximum absolute atomic E-state index is 6.44. The molecule has 62 heavy (non-hydrogen) atoms. The van der Waals surface area contributed by atoms with Crippen molar-refractivity contribution in [1.29, 1.82) is 0 Å². The number of benzene rings is 3. The minimum atomic E-state index is 0.346. The number of ether oxygens (including phenoxy) is 6. The van der Waals surface area contributed by atoms with Gasteiger partial charge in [0.1, 0.15) is 0 Å². The zero-order valence-electron chi connectivity index (χ0n) is 38.9. The van der Waals surface area contributed by atoms with E-state index in [1.165, 1.54) is 0 Å². The molecule has 0 unspecified atom stereocenters. The summed E-state index contributed by atoms with van der Waals surface area (Å²) in [7, 11) is 0. The van der Waals surface area contributed by atoms with Crippen LogP contribution in [-0.4, -0.2) is 54.6 Å². The molecule has 0 bridgehead atoms. The molecular weight excluding hydrogens is 779 g/mol. The van der Waals surface area contributed by atoms with Crippen molar-refractivity contribution >= 4 is 23.3 Å². The molecule has 1 heterocycles. The van der Waals surface area contributed by atoms with Crippen LogP contribution in [0.1, 0.15) is 157 Å². The maximum atomic E-state index is 6.44. The number of nitrogens with one attached hydrogen (secondary N) is 2. The van der Waals surface area contributed by atoms with Gasteiger partial charge in [-0.25, -0.2) is 0 Å². The molecule has 0 saturated carbocycles. The lowest BCUT2D eigenvalue weighted by Gasteiger charge is -2.20. The predicted octanol–water partition coefficient (Wildman–Crippen LogP) is 14.2. The van der Waals surface area contributed by atoms with E-state index in [0.29, 0.717) is 103 Å². The Kier molecular flexibility index (Phi) is 24.2. The summed E-state index contributed by atoms with van der Waals surface area (Å²) in [5.74, 6) is 4.99. The second-order valence-electron chi connectivity index (χ2n) is 15.8. The van der Waals surface area contributed by atoms with Crippen molar-refractivity contribution in [1.82, 2.24) is 15.0 Å². The van der Waals surface area contributed by atoms with Crippen LogP contribution in [0.15, 0.2) is 48.5 Å². The molecule has 1 aromatic heterocycles. The second kappa shape index (κ2) is 30.2. The van der Waals surface area contributed by atoms with Gasteiger partial charge in [0.15, 0.2) is 28.8 Å². The van der Waals surface area contributed by atoms with Crippen LogP contribution in [0.2, 0.25) is 0 Å². The summed E-state index contributed by atoms with van der Waals surface area (Å²) in [5, 5.41) is 6.96. The van der Waals surface area contributed by atoms with E-state index < -0.39 is 0 Å². The SMILES string of the molecule is CCCCCOc1cc(Nc2nc(Nc3cc(OCCCCC)c(OCCCCC)c(OCCCCC)c3)nc(-c3cc[c]cc3)n2)cc(OCCCCC)c1OCCCCC. The highest BCUT2D eigenvalue weighted by molar-refractivity contribution is 5.70. The number of unbranched alkanes of at least 4 members (excludes halogenated alkanes) is 12. The molecule has 0 fully saturated rings. The standard InChI is InChI=1S/C51H76N5O6/c1-7-13-22-30-57-43-36-41(37-44(58-31-23-14-8-2)47(43)61-34-26-17-11-5)52-50-54-49(40-28-20-19-21-29-40)55-51(56-50)53-42-38-45(59-32-24-15-9-3)48(62-35-27-18-12-6)46(39-42)60-33-25-16-10-4/h20-21,28-29,36-39H,7-18,22-27,30-35H2,1-6H3,(H2,52,53,54,55,56). The van der Waals surface area contributed by atoms with Gasteiger partial charge in [-0.05, 0) is 44.6 Å². The number of anilines is 4. The highest BCUT2D eigenvalue weighted by Crippen LogP contribution is 2.43. The molecule has 0 aliphatic carbocycles. The van der Waals surface area contributed by atoms with E-state index in [-0.39, 0.29) is 0 Å². The Morgan fingerprint density at radius 1 is 0.403 bits per heavy atom. The van der Waals surface area contributed by atoms with Crippen LogP contribution in [0, 0.1) is 6.07 Å². The summed E-state index contributed by atoms with van der Waals surface area (Å²) in [5.41, 5.74) is 2.24. The first-order valence-corrected chi connectivity index (χ1v) is 23.9. The topological polar surface area (TPSA) is 118 Å². The Labute approximate surface area is 373 Å². The Balaban J connectivity index is 1.77. The Hall–Kier alpha value is -4.93. The van der Waals surface area contributed by atoms with E-state index in [1.807, 2.05) is 48.5 Å². The molecule has 0 aliphatic heterocycles. The first-order chi connectivity index (χ1) is 30.5. The van der Waals surface area contributed by atoms with E-state index in [9.17, 15) is 0 Å². The van der Waals surface area contributed by atoms with Crippen LogP contribution in [-0.2, 0) is 0 Å². The van der Waals surface area contributed by atoms with Gasteiger partial charge < -0.3 is 39.1 Å². The third-order valence-corrected chi connectivity index (χ3v) is 10.2. The summed E-state index contributed by atoms with van der Waals surface area (Å²) >= 11 is 0. The van der Waals surface area contributed by atoms with Crippen molar-refractivity contribution in [3.8, 4) is 45.9 Å². The summed E-state index contributed by atoms with van der Waals surface area (Å²) in [6, 6.07) is 18.5.